The second-order valence-corrected chi connectivity index (χ2v) is 7.11. The molecule has 0 saturated heterocycles. The standard InChI is InChI=1S/C23H42N2O2/c1-7-18-26-21-13-12-14-22(27-19-17-25(10-4)11-5)23(21)20(6)15-16-24(8-2)9-3/h12-14,20H,7-11,15-19H2,1-6H3. The Morgan fingerprint density at radius 1 is 0.778 bits per heavy atom. The molecule has 0 amide bonds. The third kappa shape index (κ3) is 8.10. The monoisotopic (exact) mass is 378 g/mol. The summed E-state index contributed by atoms with van der Waals surface area (Å²) in [7, 11) is 0. The molecule has 0 bridgehead atoms. The second kappa shape index (κ2) is 13.8. The lowest BCUT2D eigenvalue weighted by molar-refractivity contribution is 0.219. The molecule has 1 aromatic rings. The molecule has 1 aromatic carbocycles. The van der Waals surface area contributed by atoms with Gasteiger partial charge in [0.05, 0.1) is 6.61 Å². The van der Waals surface area contributed by atoms with Crippen LogP contribution in [0.4, 0.5) is 0 Å². The van der Waals surface area contributed by atoms with Crippen molar-refractivity contribution in [3.63, 3.8) is 0 Å². The Labute approximate surface area is 167 Å². The molecule has 4 heteroatoms. The summed E-state index contributed by atoms with van der Waals surface area (Å²) in [6.45, 7) is 21.2. The van der Waals surface area contributed by atoms with Gasteiger partial charge in [-0.15, -0.1) is 0 Å². The van der Waals surface area contributed by atoms with Crippen molar-refractivity contribution in [3.05, 3.63) is 23.8 Å². The van der Waals surface area contributed by atoms with Gasteiger partial charge in [0, 0.05) is 12.1 Å². The smallest absolute Gasteiger partial charge is 0.126 e. The summed E-state index contributed by atoms with van der Waals surface area (Å²) in [6, 6.07) is 6.25. The normalized spacial score (nSPS) is 12.6. The zero-order valence-electron chi connectivity index (χ0n) is 18.6. The number of rotatable bonds is 15. The van der Waals surface area contributed by atoms with Crippen LogP contribution in [0.2, 0.25) is 0 Å². The molecular weight excluding hydrogens is 336 g/mol. The van der Waals surface area contributed by atoms with Crippen molar-refractivity contribution in [1.29, 1.82) is 0 Å². The first kappa shape index (κ1) is 23.8. The molecule has 0 heterocycles. The quantitative estimate of drug-likeness (QED) is 0.427. The summed E-state index contributed by atoms with van der Waals surface area (Å²) in [5.41, 5.74) is 1.23. The molecule has 0 aliphatic carbocycles. The van der Waals surface area contributed by atoms with Gasteiger partial charge in [0.1, 0.15) is 18.1 Å². The number of nitrogens with zero attached hydrogens (tertiary/aromatic N) is 2. The molecule has 1 unspecified atom stereocenters. The molecule has 156 valence electrons. The SMILES string of the molecule is CCCOc1cccc(OCCN(CC)CC)c1C(C)CCN(CC)CC. The number of benzene rings is 1. The fourth-order valence-electron chi connectivity index (χ4n) is 3.36. The fourth-order valence-corrected chi connectivity index (χ4v) is 3.36. The highest BCUT2D eigenvalue weighted by molar-refractivity contribution is 5.47. The Hall–Kier alpha value is -1.26. The number of hydrogen-bond donors (Lipinski definition) is 0. The molecule has 0 saturated carbocycles. The van der Waals surface area contributed by atoms with Crippen LogP contribution in [-0.4, -0.2) is 62.3 Å². The van der Waals surface area contributed by atoms with Crippen molar-refractivity contribution in [2.75, 3.05) is 52.5 Å². The average molecular weight is 379 g/mol. The van der Waals surface area contributed by atoms with E-state index >= 15 is 0 Å². The van der Waals surface area contributed by atoms with E-state index in [1.807, 2.05) is 0 Å². The molecule has 1 atom stereocenters. The molecule has 0 aliphatic rings. The lowest BCUT2D eigenvalue weighted by Crippen LogP contribution is -2.28. The summed E-state index contributed by atoms with van der Waals surface area (Å²) in [6.07, 6.45) is 2.13. The summed E-state index contributed by atoms with van der Waals surface area (Å²) in [5, 5.41) is 0. The molecule has 0 aliphatic heterocycles. The zero-order chi connectivity index (χ0) is 20.1. The third-order valence-corrected chi connectivity index (χ3v) is 5.31. The van der Waals surface area contributed by atoms with E-state index in [2.05, 4.69) is 69.5 Å². The molecule has 0 aromatic heterocycles. The van der Waals surface area contributed by atoms with Crippen molar-refractivity contribution in [2.45, 2.75) is 60.3 Å². The van der Waals surface area contributed by atoms with Crippen molar-refractivity contribution in [1.82, 2.24) is 9.80 Å². The van der Waals surface area contributed by atoms with E-state index < -0.39 is 0 Å². The highest BCUT2D eigenvalue weighted by atomic mass is 16.5. The fraction of sp³-hybridized carbons (Fsp3) is 0.739. The first-order chi connectivity index (χ1) is 13.1. The zero-order valence-corrected chi connectivity index (χ0v) is 18.6. The van der Waals surface area contributed by atoms with Crippen LogP contribution in [0.5, 0.6) is 11.5 Å². The summed E-state index contributed by atoms with van der Waals surface area (Å²) >= 11 is 0. The van der Waals surface area contributed by atoms with Crippen LogP contribution < -0.4 is 9.47 Å². The lowest BCUT2D eigenvalue weighted by atomic mass is 9.95. The van der Waals surface area contributed by atoms with Crippen molar-refractivity contribution < 1.29 is 9.47 Å². The van der Waals surface area contributed by atoms with Crippen molar-refractivity contribution in [3.8, 4) is 11.5 Å². The Morgan fingerprint density at radius 2 is 1.30 bits per heavy atom. The number of ether oxygens (including phenoxy) is 2. The van der Waals surface area contributed by atoms with Gasteiger partial charge in [-0.05, 0) is 63.6 Å². The van der Waals surface area contributed by atoms with Crippen LogP contribution in [0.15, 0.2) is 18.2 Å². The van der Waals surface area contributed by atoms with Gasteiger partial charge in [-0.1, -0.05) is 47.6 Å². The highest BCUT2D eigenvalue weighted by Gasteiger charge is 2.19. The lowest BCUT2D eigenvalue weighted by Gasteiger charge is -2.25. The van der Waals surface area contributed by atoms with E-state index in [-0.39, 0.29) is 0 Å². The second-order valence-electron chi connectivity index (χ2n) is 7.11. The number of likely N-dealkylation sites (N-methyl/N-ethyl adjacent to an activating group) is 1. The molecular formula is C23H42N2O2. The Bertz CT molecular complexity index is 499. The minimum Gasteiger partial charge on any atom is -0.493 e. The van der Waals surface area contributed by atoms with Gasteiger partial charge >= 0.3 is 0 Å². The van der Waals surface area contributed by atoms with Gasteiger partial charge in [0.15, 0.2) is 0 Å². The summed E-state index contributed by atoms with van der Waals surface area (Å²) in [4.78, 5) is 4.87. The summed E-state index contributed by atoms with van der Waals surface area (Å²) in [5.74, 6) is 2.38. The first-order valence-corrected chi connectivity index (χ1v) is 10.9. The molecule has 27 heavy (non-hydrogen) atoms. The molecule has 0 radical (unpaired) electrons. The maximum Gasteiger partial charge on any atom is 0.126 e. The van der Waals surface area contributed by atoms with Gasteiger partial charge in [-0.2, -0.15) is 0 Å². The Kier molecular flexibility index (Phi) is 12.2. The van der Waals surface area contributed by atoms with Gasteiger partial charge < -0.3 is 19.3 Å². The minimum atomic E-state index is 0.405. The molecule has 1 rings (SSSR count). The van der Waals surface area contributed by atoms with Gasteiger partial charge in [0.25, 0.3) is 0 Å². The maximum absolute atomic E-state index is 6.24. The van der Waals surface area contributed by atoms with Crippen LogP contribution in [0, 0.1) is 0 Å². The van der Waals surface area contributed by atoms with E-state index in [0.717, 1.165) is 70.2 Å². The van der Waals surface area contributed by atoms with E-state index in [9.17, 15) is 0 Å². The average Bonchev–Trinajstić information content (AvgIpc) is 2.70. The highest BCUT2D eigenvalue weighted by Crippen LogP contribution is 2.37. The summed E-state index contributed by atoms with van der Waals surface area (Å²) < 4.78 is 12.3. The van der Waals surface area contributed by atoms with Crippen LogP contribution >= 0.6 is 0 Å². The Balaban J connectivity index is 2.90. The minimum absolute atomic E-state index is 0.405. The van der Waals surface area contributed by atoms with Crippen molar-refractivity contribution >= 4 is 0 Å². The Morgan fingerprint density at radius 3 is 1.81 bits per heavy atom. The van der Waals surface area contributed by atoms with E-state index in [0.29, 0.717) is 12.5 Å². The molecule has 4 nitrogen and oxygen atoms in total. The van der Waals surface area contributed by atoms with Crippen LogP contribution in [0.1, 0.15) is 65.9 Å². The van der Waals surface area contributed by atoms with Gasteiger partial charge in [0.2, 0.25) is 0 Å². The van der Waals surface area contributed by atoms with Crippen LogP contribution in [0.25, 0.3) is 0 Å². The predicted molar refractivity (Wildman–Crippen MR) is 116 cm³/mol. The topological polar surface area (TPSA) is 24.9 Å². The van der Waals surface area contributed by atoms with E-state index in [1.54, 1.807) is 0 Å². The maximum atomic E-state index is 6.24. The number of hydrogen-bond acceptors (Lipinski definition) is 4. The molecule has 0 N–H and O–H groups in total. The third-order valence-electron chi connectivity index (χ3n) is 5.31. The first-order valence-electron chi connectivity index (χ1n) is 10.9. The predicted octanol–water partition coefficient (Wildman–Crippen LogP) is 5.03. The van der Waals surface area contributed by atoms with Crippen LogP contribution in [-0.2, 0) is 0 Å². The van der Waals surface area contributed by atoms with Crippen molar-refractivity contribution in [2.24, 2.45) is 0 Å². The van der Waals surface area contributed by atoms with E-state index in [1.165, 1.54) is 5.56 Å². The molecule has 0 spiro atoms. The van der Waals surface area contributed by atoms with E-state index in [4.69, 9.17) is 9.47 Å². The van der Waals surface area contributed by atoms with Crippen LogP contribution in [0.3, 0.4) is 0 Å². The van der Waals surface area contributed by atoms with Gasteiger partial charge in [-0.3, -0.25) is 0 Å². The largest absolute Gasteiger partial charge is 0.493 e. The molecule has 0 fully saturated rings. The van der Waals surface area contributed by atoms with Gasteiger partial charge in [-0.25, -0.2) is 0 Å².